The van der Waals surface area contributed by atoms with Gasteiger partial charge in [0, 0.05) is 48.7 Å². The maximum atomic E-state index is 14.6. The summed E-state index contributed by atoms with van der Waals surface area (Å²) in [7, 11) is 0. The molecule has 3 fully saturated rings. The normalized spacial score (nSPS) is 25.4. The zero-order chi connectivity index (χ0) is 30.6. The van der Waals surface area contributed by atoms with Gasteiger partial charge in [-0.3, -0.25) is 14.4 Å². The quantitative estimate of drug-likeness (QED) is 0.228. The van der Waals surface area contributed by atoms with Crippen LogP contribution in [0.15, 0.2) is 79.9 Å². The first-order valence-corrected chi connectivity index (χ1v) is 16.3. The lowest BCUT2D eigenvalue weighted by Crippen LogP contribution is -2.55. The van der Waals surface area contributed by atoms with E-state index in [1.807, 2.05) is 42.5 Å². The van der Waals surface area contributed by atoms with Crippen LogP contribution in [0, 0.1) is 11.8 Å². The molecule has 0 radical (unpaired) electrons. The monoisotopic (exact) mass is 621 g/mol. The van der Waals surface area contributed by atoms with Crippen molar-refractivity contribution in [2.75, 3.05) is 31.1 Å². The zero-order valence-electron chi connectivity index (χ0n) is 24.4. The lowest BCUT2D eigenvalue weighted by atomic mass is 9.70. The Hall–Kier alpha value is -3.07. The summed E-state index contributed by atoms with van der Waals surface area (Å²) in [5.74, 6) is -1.39. The summed E-state index contributed by atoms with van der Waals surface area (Å²) in [6.45, 7) is 9.36. The number of benzene rings is 2. The van der Waals surface area contributed by atoms with Crippen molar-refractivity contribution < 1.29 is 19.5 Å². The van der Waals surface area contributed by atoms with Crippen molar-refractivity contribution in [3.8, 4) is 0 Å². The van der Waals surface area contributed by atoms with Crippen molar-refractivity contribution in [1.29, 1.82) is 0 Å². The third kappa shape index (κ3) is 6.02. The third-order valence-electron chi connectivity index (χ3n) is 8.97. The van der Waals surface area contributed by atoms with E-state index in [9.17, 15) is 19.5 Å². The second-order valence-corrected chi connectivity index (χ2v) is 13.6. The van der Waals surface area contributed by atoms with E-state index in [4.69, 9.17) is 11.6 Å². The Morgan fingerprint density at radius 1 is 1.02 bits per heavy atom. The van der Waals surface area contributed by atoms with Gasteiger partial charge < -0.3 is 19.8 Å². The van der Waals surface area contributed by atoms with Gasteiger partial charge in [-0.2, -0.15) is 0 Å². The van der Waals surface area contributed by atoms with Crippen LogP contribution in [0.5, 0.6) is 0 Å². The summed E-state index contributed by atoms with van der Waals surface area (Å²) < 4.78 is -0.686. The van der Waals surface area contributed by atoms with Gasteiger partial charge in [0.05, 0.1) is 16.6 Å². The molecule has 2 bridgehead atoms. The van der Waals surface area contributed by atoms with Crippen molar-refractivity contribution in [1.82, 2.24) is 9.80 Å². The number of likely N-dealkylation sites (tertiary alicyclic amines) is 1. The third-order valence-corrected chi connectivity index (χ3v) is 11.2. The number of thioether (sulfide) groups is 1. The lowest BCUT2D eigenvalue weighted by Gasteiger charge is -2.37. The van der Waals surface area contributed by atoms with Crippen LogP contribution in [-0.4, -0.2) is 74.9 Å². The van der Waals surface area contributed by atoms with Crippen LogP contribution in [0.1, 0.15) is 37.7 Å². The van der Waals surface area contributed by atoms with E-state index in [-0.39, 0.29) is 36.1 Å². The number of unbranched alkanes of at least 4 members (excludes halogenated alkanes) is 2. The number of anilines is 1. The molecule has 9 heteroatoms. The minimum atomic E-state index is -0.704. The zero-order valence-corrected chi connectivity index (χ0v) is 26.0. The van der Waals surface area contributed by atoms with Crippen molar-refractivity contribution in [3.63, 3.8) is 0 Å². The number of fused-ring (bicyclic) bond motifs is 1. The number of carbonyl (C=O) groups excluding carboxylic acids is 3. The van der Waals surface area contributed by atoms with Crippen LogP contribution in [-0.2, 0) is 20.9 Å². The Bertz CT molecular complexity index is 1340. The van der Waals surface area contributed by atoms with E-state index in [1.165, 1.54) is 0 Å². The van der Waals surface area contributed by atoms with Gasteiger partial charge in [0.25, 0.3) is 5.91 Å². The van der Waals surface area contributed by atoms with Gasteiger partial charge in [-0.25, -0.2) is 0 Å². The van der Waals surface area contributed by atoms with Gasteiger partial charge in [0.15, 0.2) is 0 Å². The van der Waals surface area contributed by atoms with Gasteiger partial charge in [-0.1, -0.05) is 54.1 Å². The van der Waals surface area contributed by atoms with E-state index in [0.29, 0.717) is 49.6 Å². The molecule has 3 aliphatic rings. The number of aliphatic hydroxyl groups is 1. The fourth-order valence-electron chi connectivity index (χ4n) is 7.15. The Kier molecular flexibility index (Phi) is 9.99. The van der Waals surface area contributed by atoms with Crippen molar-refractivity contribution in [2.24, 2.45) is 11.8 Å². The molecule has 3 aliphatic heterocycles. The van der Waals surface area contributed by atoms with Gasteiger partial charge in [0.2, 0.25) is 11.8 Å². The number of amides is 3. The summed E-state index contributed by atoms with van der Waals surface area (Å²) in [5.41, 5.74) is 1.70. The van der Waals surface area contributed by atoms with E-state index >= 15 is 0 Å². The Morgan fingerprint density at radius 3 is 2.42 bits per heavy atom. The smallest absolute Gasteiger partial charge is 0.251 e. The van der Waals surface area contributed by atoms with Crippen LogP contribution in [0.25, 0.3) is 0 Å². The molecule has 0 saturated carbocycles. The maximum Gasteiger partial charge on any atom is 0.251 e. The molecule has 228 valence electrons. The van der Waals surface area contributed by atoms with E-state index in [1.54, 1.807) is 50.7 Å². The molecule has 1 spiro atoms. The molecule has 2 unspecified atom stereocenters. The Labute approximate surface area is 263 Å². The molecule has 0 aromatic heterocycles. The highest BCUT2D eigenvalue weighted by atomic mass is 35.5. The molecule has 3 heterocycles. The average Bonchev–Trinajstić information content (AvgIpc) is 3.66. The molecule has 1 N–H and O–H groups in total. The van der Waals surface area contributed by atoms with Crippen molar-refractivity contribution in [3.05, 3.63) is 90.5 Å². The predicted molar refractivity (Wildman–Crippen MR) is 173 cm³/mol. The van der Waals surface area contributed by atoms with Crippen molar-refractivity contribution >= 4 is 46.8 Å². The standard InChI is InChI=1S/C34H40ClN3O4S/c1-3-19-36(23-24-11-7-5-8-12-24)31(40)28-27-17-18-34(43-27)29(28)32(41)38(21-9-6-10-22-39)30(34)33(42)37(20-4-2)26-15-13-25(35)14-16-26/h3-5,7-8,11-16,27-30,39H,1-2,6,9-10,17-23H2/t27-,28+,29-,30?,34?/m0/s1. The predicted octanol–water partition coefficient (Wildman–Crippen LogP) is 5.33. The van der Waals surface area contributed by atoms with Gasteiger partial charge in [0.1, 0.15) is 6.04 Å². The summed E-state index contributed by atoms with van der Waals surface area (Å²) in [5, 5.41) is 9.87. The second-order valence-electron chi connectivity index (χ2n) is 11.6. The number of nitrogens with zero attached hydrogens (tertiary/aromatic N) is 3. The van der Waals surface area contributed by atoms with Gasteiger partial charge >= 0.3 is 0 Å². The summed E-state index contributed by atoms with van der Waals surface area (Å²) in [6.07, 6.45) is 6.95. The lowest BCUT2D eigenvalue weighted by molar-refractivity contribution is -0.144. The molecule has 43 heavy (non-hydrogen) atoms. The fourth-order valence-corrected chi connectivity index (χ4v) is 9.48. The molecular weight excluding hydrogens is 582 g/mol. The Morgan fingerprint density at radius 2 is 1.74 bits per heavy atom. The molecule has 7 nitrogen and oxygen atoms in total. The Balaban J connectivity index is 1.50. The number of rotatable bonds is 14. The minimum Gasteiger partial charge on any atom is -0.396 e. The summed E-state index contributed by atoms with van der Waals surface area (Å²) in [4.78, 5) is 48.6. The summed E-state index contributed by atoms with van der Waals surface area (Å²) in [6, 6.07) is 16.3. The maximum absolute atomic E-state index is 14.6. The average molecular weight is 622 g/mol. The molecule has 5 atom stereocenters. The molecular formula is C34H40ClN3O4S. The highest BCUT2D eigenvalue weighted by Gasteiger charge is 2.74. The van der Waals surface area contributed by atoms with Gasteiger partial charge in [-0.15, -0.1) is 24.9 Å². The first kappa shape index (κ1) is 31.4. The summed E-state index contributed by atoms with van der Waals surface area (Å²) >= 11 is 7.83. The molecule has 2 aromatic carbocycles. The minimum absolute atomic E-state index is 0.0280. The highest BCUT2D eigenvalue weighted by molar-refractivity contribution is 8.02. The number of carbonyl (C=O) groups is 3. The molecule has 3 amide bonds. The molecule has 3 saturated heterocycles. The number of aliphatic hydroxyl groups excluding tert-OH is 1. The van der Waals surface area contributed by atoms with Crippen molar-refractivity contribution in [2.45, 2.75) is 54.7 Å². The molecule has 5 rings (SSSR count). The van der Waals surface area contributed by atoms with Gasteiger partial charge in [-0.05, 0) is 61.9 Å². The SMILES string of the molecule is C=CCN(Cc1ccccc1)C(=O)[C@@H]1[C@@H]2CCC3(S2)C(C(=O)N(CC=C)c2ccc(Cl)cc2)N(CCCCCO)C(=O)[C@H]13. The molecule has 0 aliphatic carbocycles. The van der Waals surface area contributed by atoms with Crippen LogP contribution in [0.3, 0.4) is 0 Å². The first-order chi connectivity index (χ1) is 20.9. The van der Waals surface area contributed by atoms with Crippen LogP contribution in [0.4, 0.5) is 5.69 Å². The fraction of sp³-hybridized carbons (Fsp3) is 0.441. The largest absolute Gasteiger partial charge is 0.396 e. The second kappa shape index (κ2) is 13.7. The topological polar surface area (TPSA) is 81.2 Å². The van der Waals surface area contributed by atoms with Crippen LogP contribution in [0.2, 0.25) is 5.02 Å². The highest BCUT2D eigenvalue weighted by Crippen LogP contribution is 2.66. The first-order valence-electron chi connectivity index (χ1n) is 15.1. The van der Waals surface area contributed by atoms with E-state index in [0.717, 1.165) is 18.4 Å². The van der Waals surface area contributed by atoms with Crippen LogP contribution < -0.4 is 4.90 Å². The van der Waals surface area contributed by atoms with E-state index < -0.39 is 22.6 Å². The number of hydrogen-bond acceptors (Lipinski definition) is 5. The number of halogens is 1. The molecule has 2 aromatic rings. The number of hydrogen-bond donors (Lipinski definition) is 1. The van der Waals surface area contributed by atoms with Crippen LogP contribution >= 0.6 is 23.4 Å². The van der Waals surface area contributed by atoms with E-state index in [2.05, 4.69) is 13.2 Å².